The molecule has 0 atom stereocenters. The standard InChI is InChI=1S/C10H7ClN2O3/c11-6-2-1-3-7(4-6)13-9(14)5-8(12-13)10(15)16/h1-4H,5H2,(H,15,16). The van der Waals surface area contributed by atoms with Crippen LogP contribution >= 0.6 is 11.6 Å². The number of halogens is 1. The summed E-state index contributed by atoms with van der Waals surface area (Å²) in [7, 11) is 0. The number of hydrogen-bond donors (Lipinski definition) is 1. The quantitative estimate of drug-likeness (QED) is 0.849. The number of rotatable bonds is 2. The van der Waals surface area contributed by atoms with E-state index in [1.165, 1.54) is 0 Å². The minimum atomic E-state index is -1.18. The molecule has 1 heterocycles. The fourth-order valence-electron chi connectivity index (χ4n) is 1.36. The van der Waals surface area contributed by atoms with Gasteiger partial charge in [-0.05, 0) is 18.2 Å². The minimum Gasteiger partial charge on any atom is -0.477 e. The smallest absolute Gasteiger partial charge is 0.352 e. The lowest BCUT2D eigenvalue weighted by atomic mass is 10.2. The van der Waals surface area contributed by atoms with Gasteiger partial charge < -0.3 is 5.11 Å². The van der Waals surface area contributed by atoms with Crippen LogP contribution in [-0.2, 0) is 9.59 Å². The van der Waals surface area contributed by atoms with Gasteiger partial charge in [0.1, 0.15) is 0 Å². The van der Waals surface area contributed by atoms with Crippen LogP contribution in [0.3, 0.4) is 0 Å². The number of carbonyl (C=O) groups excluding carboxylic acids is 1. The Balaban J connectivity index is 2.35. The molecule has 82 valence electrons. The van der Waals surface area contributed by atoms with E-state index in [0.29, 0.717) is 10.7 Å². The van der Waals surface area contributed by atoms with E-state index in [1.807, 2.05) is 0 Å². The molecule has 1 N–H and O–H groups in total. The lowest BCUT2D eigenvalue weighted by molar-refractivity contribution is -0.129. The predicted molar refractivity (Wildman–Crippen MR) is 58.6 cm³/mol. The summed E-state index contributed by atoms with van der Waals surface area (Å²) in [6.45, 7) is 0. The molecule has 1 aromatic carbocycles. The van der Waals surface area contributed by atoms with E-state index < -0.39 is 5.97 Å². The van der Waals surface area contributed by atoms with E-state index in [0.717, 1.165) is 5.01 Å². The highest BCUT2D eigenvalue weighted by Gasteiger charge is 2.29. The molecule has 1 aliphatic rings. The highest BCUT2D eigenvalue weighted by atomic mass is 35.5. The van der Waals surface area contributed by atoms with Gasteiger partial charge in [0.2, 0.25) is 0 Å². The number of carboxylic acid groups (broad SMARTS) is 1. The Kier molecular flexibility index (Phi) is 2.62. The molecule has 0 saturated heterocycles. The second-order valence-corrected chi connectivity index (χ2v) is 3.65. The van der Waals surface area contributed by atoms with Crippen molar-refractivity contribution in [3.05, 3.63) is 29.3 Å². The van der Waals surface area contributed by atoms with Gasteiger partial charge >= 0.3 is 5.97 Å². The summed E-state index contributed by atoms with van der Waals surface area (Å²) in [6, 6.07) is 6.51. The molecule has 5 nitrogen and oxygen atoms in total. The Morgan fingerprint density at radius 2 is 2.25 bits per heavy atom. The number of hydrazone groups is 1. The summed E-state index contributed by atoms with van der Waals surface area (Å²) in [5.41, 5.74) is 0.304. The van der Waals surface area contributed by atoms with E-state index in [1.54, 1.807) is 24.3 Å². The van der Waals surface area contributed by atoms with Crippen molar-refractivity contribution < 1.29 is 14.7 Å². The van der Waals surface area contributed by atoms with E-state index in [4.69, 9.17) is 16.7 Å². The van der Waals surface area contributed by atoms with Crippen molar-refractivity contribution in [3.8, 4) is 0 Å². The van der Waals surface area contributed by atoms with Crippen LogP contribution in [0.4, 0.5) is 5.69 Å². The van der Waals surface area contributed by atoms with Gasteiger partial charge in [-0.3, -0.25) is 4.79 Å². The first-order valence-electron chi connectivity index (χ1n) is 4.47. The zero-order chi connectivity index (χ0) is 11.7. The Labute approximate surface area is 95.9 Å². The number of carbonyl (C=O) groups is 2. The summed E-state index contributed by atoms with van der Waals surface area (Å²) in [4.78, 5) is 22.2. The van der Waals surface area contributed by atoms with Crippen LogP contribution in [-0.4, -0.2) is 22.7 Å². The van der Waals surface area contributed by atoms with Gasteiger partial charge in [-0.25, -0.2) is 4.79 Å². The third-order valence-corrected chi connectivity index (χ3v) is 2.31. The number of amides is 1. The SMILES string of the molecule is O=C(O)C1=NN(c2cccc(Cl)c2)C(=O)C1. The van der Waals surface area contributed by atoms with Crippen LogP contribution in [0.2, 0.25) is 5.02 Å². The molecule has 0 radical (unpaired) electrons. The molecule has 6 heteroatoms. The average Bonchev–Trinajstić information content (AvgIpc) is 2.60. The molecule has 16 heavy (non-hydrogen) atoms. The zero-order valence-electron chi connectivity index (χ0n) is 8.05. The fraction of sp³-hybridized carbons (Fsp3) is 0.100. The summed E-state index contributed by atoms with van der Waals surface area (Å²) in [5, 5.41) is 13.9. The first-order chi connectivity index (χ1) is 7.58. The number of nitrogens with zero attached hydrogens (tertiary/aromatic N) is 2. The molecule has 0 saturated carbocycles. The van der Waals surface area contributed by atoms with Crippen molar-refractivity contribution in [2.24, 2.45) is 5.10 Å². The van der Waals surface area contributed by atoms with Crippen molar-refractivity contribution in [2.75, 3.05) is 5.01 Å². The maximum absolute atomic E-state index is 11.5. The Morgan fingerprint density at radius 3 is 2.81 bits per heavy atom. The molecule has 0 spiro atoms. The van der Waals surface area contributed by atoms with E-state index in [2.05, 4.69) is 5.10 Å². The van der Waals surface area contributed by atoms with E-state index in [-0.39, 0.29) is 18.0 Å². The molecule has 1 aromatic rings. The molecule has 0 fully saturated rings. The van der Waals surface area contributed by atoms with Gasteiger partial charge in [-0.2, -0.15) is 10.1 Å². The van der Waals surface area contributed by atoms with Gasteiger partial charge in [-0.15, -0.1) is 0 Å². The molecular formula is C10H7ClN2O3. The first kappa shape index (κ1) is 10.6. The number of benzene rings is 1. The fourth-order valence-corrected chi connectivity index (χ4v) is 1.54. The van der Waals surface area contributed by atoms with E-state index in [9.17, 15) is 9.59 Å². The highest BCUT2D eigenvalue weighted by Crippen LogP contribution is 2.23. The van der Waals surface area contributed by atoms with E-state index >= 15 is 0 Å². The molecule has 0 aliphatic carbocycles. The Hall–Kier alpha value is -1.88. The largest absolute Gasteiger partial charge is 0.477 e. The maximum atomic E-state index is 11.5. The predicted octanol–water partition coefficient (Wildman–Crippen LogP) is 1.52. The monoisotopic (exact) mass is 238 g/mol. The van der Waals surface area contributed by atoms with Crippen molar-refractivity contribution in [1.29, 1.82) is 0 Å². The van der Waals surface area contributed by atoms with Crippen molar-refractivity contribution in [3.63, 3.8) is 0 Å². The second kappa shape index (κ2) is 3.94. The van der Waals surface area contributed by atoms with Crippen LogP contribution in [0.15, 0.2) is 29.4 Å². The maximum Gasteiger partial charge on any atom is 0.352 e. The van der Waals surface area contributed by atoms with Crippen LogP contribution in [0.25, 0.3) is 0 Å². The van der Waals surface area contributed by atoms with Crippen LogP contribution in [0, 0.1) is 0 Å². The summed E-state index contributed by atoms with van der Waals surface area (Å²) >= 11 is 5.77. The topological polar surface area (TPSA) is 70.0 Å². The van der Waals surface area contributed by atoms with Crippen molar-refractivity contribution in [2.45, 2.75) is 6.42 Å². The summed E-state index contributed by atoms with van der Waals surface area (Å²) in [5.74, 6) is -1.56. The third-order valence-electron chi connectivity index (χ3n) is 2.08. The number of anilines is 1. The molecule has 2 rings (SSSR count). The molecule has 1 amide bonds. The van der Waals surface area contributed by atoms with Crippen LogP contribution in [0.1, 0.15) is 6.42 Å². The van der Waals surface area contributed by atoms with Gasteiger partial charge in [0, 0.05) is 5.02 Å². The third kappa shape index (κ3) is 1.90. The number of aliphatic carboxylic acids is 1. The molecule has 0 bridgehead atoms. The Morgan fingerprint density at radius 1 is 1.50 bits per heavy atom. The number of carboxylic acids is 1. The minimum absolute atomic E-state index is 0.162. The summed E-state index contributed by atoms with van der Waals surface area (Å²) < 4.78 is 0. The van der Waals surface area contributed by atoms with Crippen molar-refractivity contribution in [1.82, 2.24) is 0 Å². The molecular weight excluding hydrogens is 232 g/mol. The average molecular weight is 239 g/mol. The lowest BCUT2D eigenvalue weighted by Gasteiger charge is -2.11. The molecule has 0 aromatic heterocycles. The van der Waals surface area contributed by atoms with Crippen LogP contribution < -0.4 is 5.01 Å². The molecule has 0 unspecified atom stereocenters. The Bertz CT molecular complexity index is 499. The second-order valence-electron chi connectivity index (χ2n) is 3.21. The first-order valence-corrected chi connectivity index (χ1v) is 4.85. The van der Waals surface area contributed by atoms with Crippen molar-refractivity contribution >= 4 is 34.9 Å². The molecule has 1 aliphatic heterocycles. The lowest BCUT2D eigenvalue weighted by Crippen LogP contribution is -2.19. The number of hydrogen-bond acceptors (Lipinski definition) is 3. The van der Waals surface area contributed by atoms with Crippen LogP contribution in [0.5, 0.6) is 0 Å². The van der Waals surface area contributed by atoms with Gasteiger partial charge in [0.05, 0.1) is 12.1 Å². The summed E-state index contributed by atoms with van der Waals surface area (Å²) in [6.07, 6.45) is -0.193. The van der Waals surface area contributed by atoms with Gasteiger partial charge in [0.25, 0.3) is 5.91 Å². The zero-order valence-corrected chi connectivity index (χ0v) is 8.81. The van der Waals surface area contributed by atoms with Gasteiger partial charge in [-0.1, -0.05) is 17.7 Å². The normalized spacial score (nSPS) is 15.2. The van der Waals surface area contributed by atoms with Gasteiger partial charge in [0.15, 0.2) is 5.71 Å². The highest BCUT2D eigenvalue weighted by molar-refractivity contribution is 6.42.